The van der Waals surface area contributed by atoms with Crippen LogP contribution in [0.25, 0.3) is 0 Å². The van der Waals surface area contributed by atoms with Crippen molar-refractivity contribution in [3.63, 3.8) is 0 Å². The Labute approximate surface area is 160 Å². The van der Waals surface area contributed by atoms with Crippen LogP contribution in [0.1, 0.15) is 20.8 Å². The highest BCUT2D eigenvalue weighted by Gasteiger charge is 2.37. The summed E-state index contributed by atoms with van der Waals surface area (Å²) in [6, 6.07) is 5.98. The van der Waals surface area contributed by atoms with E-state index in [0.717, 1.165) is 12.3 Å². The van der Waals surface area contributed by atoms with Gasteiger partial charge in [-0.3, -0.25) is 14.2 Å². The number of benzene rings is 1. The largest absolute Gasteiger partial charge is 0.768 e. The van der Waals surface area contributed by atoms with Gasteiger partial charge in [0.2, 0.25) is 0 Å². The topological polar surface area (TPSA) is 111 Å². The smallest absolute Gasteiger partial charge is 0.261 e. The van der Waals surface area contributed by atoms with Crippen molar-refractivity contribution in [2.75, 3.05) is 18.9 Å². The number of carbonyl (C=O) groups is 1. The fourth-order valence-electron chi connectivity index (χ4n) is 2.21. The molecule has 1 fully saturated rings. The molecule has 1 aromatic carbocycles. The molecular formula is C17H25N2O5S2-. The summed E-state index contributed by atoms with van der Waals surface area (Å²) in [4.78, 5) is 11.4. The Kier molecular flexibility index (Phi) is 9.89. The molecular weight excluding hydrogens is 376 g/mol. The lowest BCUT2D eigenvalue weighted by atomic mass is 10.0. The van der Waals surface area contributed by atoms with Crippen LogP contribution in [0, 0.1) is 0 Å². The van der Waals surface area contributed by atoms with Crippen LogP contribution in [0.5, 0.6) is 5.75 Å². The average Bonchev–Trinajstić information content (AvgIpc) is 2.62. The van der Waals surface area contributed by atoms with Gasteiger partial charge in [0.15, 0.2) is 0 Å². The highest BCUT2D eigenvalue weighted by atomic mass is 32.2. The lowest BCUT2D eigenvalue weighted by Gasteiger charge is -2.36. The second kappa shape index (κ2) is 11.3. The fraction of sp³-hybridized carbons (Fsp3) is 0.471. The average molecular weight is 402 g/mol. The van der Waals surface area contributed by atoms with Crippen LogP contribution in [0.4, 0.5) is 0 Å². The normalized spacial score (nSPS) is 20.0. The van der Waals surface area contributed by atoms with E-state index >= 15 is 0 Å². The first-order chi connectivity index (χ1) is 12.3. The Morgan fingerprint density at radius 2 is 2.15 bits per heavy atom. The molecule has 0 radical (unpaired) electrons. The molecule has 9 heteroatoms. The molecule has 0 spiro atoms. The van der Waals surface area contributed by atoms with E-state index in [-0.39, 0.29) is 21.6 Å². The van der Waals surface area contributed by atoms with Gasteiger partial charge in [0.1, 0.15) is 18.4 Å². The number of hydroxylamine groups is 1. The molecule has 0 saturated carbocycles. The quantitative estimate of drug-likeness (QED) is 0.299. The zero-order valence-electron chi connectivity index (χ0n) is 15.1. The molecule has 0 aliphatic carbocycles. The van der Waals surface area contributed by atoms with Gasteiger partial charge < -0.3 is 14.6 Å². The van der Waals surface area contributed by atoms with Crippen molar-refractivity contribution in [1.29, 1.82) is 0 Å². The summed E-state index contributed by atoms with van der Waals surface area (Å²) in [5.41, 5.74) is 1.68. The molecule has 146 valence electrons. The number of hydrogen-bond donors (Lipinski definition) is 3. The number of amides is 1. The van der Waals surface area contributed by atoms with Crippen molar-refractivity contribution in [2.24, 2.45) is 0 Å². The van der Waals surface area contributed by atoms with Crippen LogP contribution in [0.3, 0.4) is 0 Å². The minimum atomic E-state index is -2.16. The number of hydrogen-bond acceptors (Lipinski definition) is 7. The summed E-state index contributed by atoms with van der Waals surface area (Å²) in [6.45, 7) is 7.20. The minimum Gasteiger partial charge on any atom is -0.768 e. The van der Waals surface area contributed by atoms with E-state index in [2.05, 4.69) is 5.32 Å². The van der Waals surface area contributed by atoms with Crippen LogP contribution in [-0.4, -0.2) is 49.6 Å². The monoisotopic (exact) mass is 401 g/mol. The van der Waals surface area contributed by atoms with Crippen LogP contribution in [-0.2, 0) is 15.9 Å². The first-order valence-corrected chi connectivity index (χ1v) is 10.1. The Bertz CT molecular complexity index is 620. The molecule has 2 atom stereocenters. The number of rotatable bonds is 5. The Morgan fingerprint density at radius 1 is 1.50 bits per heavy atom. The molecule has 26 heavy (non-hydrogen) atoms. The summed E-state index contributed by atoms with van der Waals surface area (Å²) >= 11 is -0.426. The zero-order valence-corrected chi connectivity index (χ0v) is 16.7. The standard InChI is InChI=1S/C10H12O3S.C7H14N2O2S/c1-2-3-8-13-9-4-6-10(7-5-9)14(11)12;1-7(2)5(6(10)9-11)8-3-4-12-7/h2-7H,8H2,1H3,(H,11,12);5,8,11H,3-4H2,1-2H3,(H,9,10)/p-1. The number of nitrogens with one attached hydrogen (secondary N) is 2. The predicted molar refractivity (Wildman–Crippen MR) is 102 cm³/mol. The molecule has 2 rings (SSSR count). The first kappa shape index (κ1) is 22.7. The summed E-state index contributed by atoms with van der Waals surface area (Å²) in [7, 11) is 0. The molecule has 1 heterocycles. The molecule has 3 N–H and O–H groups in total. The number of carbonyl (C=O) groups excluding carboxylic acids is 1. The van der Waals surface area contributed by atoms with Crippen molar-refractivity contribution in [3.8, 4) is 5.75 Å². The molecule has 0 bridgehead atoms. The van der Waals surface area contributed by atoms with E-state index in [0.29, 0.717) is 12.4 Å². The van der Waals surface area contributed by atoms with Gasteiger partial charge in [-0.1, -0.05) is 12.2 Å². The van der Waals surface area contributed by atoms with E-state index in [1.165, 1.54) is 12.1 Å². The van der Waals surface area contributed by atoms with E-state index < -0.39 is 11.1 Å². The first-order valence-electron chi connectivity index (χ1n) is 8.06. The van der Waals surface area contributed by atoms with Gasteiger partial charge in [-0.25, -0.2) is 5.48 Å². The van der Waals surface area contributed by atoms with Gasteiger partial charge in [-0.15, -0.1) is 0 Å². The summed E-state index contributed by atoms with van der Waals surface area (Å²) in [5.74, 6) is 1.31. The van der Waals surface area contributed by atoms with Crippen LogP contribution < -0.4 is 15.5 Å². The van der Waals surface area contributed by atoms with Crippen LogP contribution in [0.2, 0.25) is 0 Å². The highest BCUT2D eigenvalue weighted by molar-refractivity contribution is 8.00. The van der Waals surface area contributed by atoms with Crippen LogP contribution in [0.15, 0.2) is 41.3 Å². The maximum atomic E-state index is 11.1. The van der Waals surface area contributed by atoms with Crippen molar-refractivity contribution < 1.29 is 23.5 Å². The third-order valence-electron chi connectivity index (χ3n) is 3.59. The van der Waals surface area contributed by atoms with Gasteiger partial charge in [-0.2, -0.15) is 11.8 Å². The van der Waals surface area contributed by atoms with Crippen molar-refractivity contribution in [2.45, 2.75) is 36.5 Å². The third-order valence-corrected chi connectivity index (χ3v) is 5.64. The van der Waals surface area contributed by atoms with Gasteiger partial charge in [0, 0.05) is 21.9 Å². The summed E-state index contributed by atoms with van der Waals surface area (Å²) < 4.78 is 26.2. The van der Waals surface area contributed by atoms with Crippen molar-refractivity contribution in [3.05, 3.63) is 36.4 Å². The maximum absolute atomic E-state index is 11.1. The molecule has 1 aliphatic heterocycles. The Morgan fingerprint density at radius 3 is 2.65 bits per heavy atom. The molecule has 0 aromatic heterocycles. The SMILES string of the molecule is CC1(C)SCCNC1C(=O)NO.CC=CCOc1ccc(S(=O)[O-])cc1. The minimum absolute atomic E-state index is 0.148. The number of thioether (sulfide) groups is 1. The lowest BCUT2D eigenvalue weighted by molar-refractivity contribution is -0.132. The van der Waals surface area contributed by atoms with Gasteiger partial charge >= 0.3 is 0 Å². The second-order valence-electron chi connectivity index (χ2n) is 5.90. The number of allylic oxidation sites excluding steroid dienone is 1. The molecule has 2 unspecified atom stereocenters. The van der Waals surface area contributed by atoms with E-state index in [1.807, 2.05) is 32.9 Å². The molecule has 7 nitrogen and oxygen atoms in total. The highest BCUT2D eigenvalue weighted by Crippen LogP contribution is 2.30. The van der Waals surface area contributed by atoms with Gasteiger partial charge in [0.25, 0.3) is 5.91 Å². The Hall–Kier alpha value is -1.39. The van der Waals surface area contributed by atoms with E-state index in [1.54, 1.807) is 29.4 Å². The zero-order chi connectivity index (χ0) is 19.6. The van der Waals surface area contributed by atoms with E-state index in [9.17, 15) is 13.6 Å². The van der Waals surface area contributed by atoms with E-state index in [4.69, 9.17) is 9.94 Å². The van der Waals surface area contributed by atoms with Crippen LogP contribution >= 0.6 is 11.8 Å². The third kappa shape index (κ3) is 7.46. The fourth-order valence-corrected chi connectivity index (χ4v) is 3.67. The van der Waals surface area contributed by atoms with Crippen molar-refractivity contribution in [1.82, 2.24) is 10.8 Å². The molecule has 1 saturated heterocycles. The lowest BCUT2D eigenvalue weighted by Crippen LogP contribution is -2.57. The molecule has 1 aromatic rings. The predicted octanol–water partition coefficient (Wildman–Crippen LogP) is 1.85. The van der Waals surface area contributed by atoms with Gasteiger partial charge in [0.05, 0.1) is 0 Å². The summed E-state index contributed by atoms with van der Waals surface area (Å²) in [6.07, 6.45) is 3.76. The maximum Gasteiger partial charge on any atom is 0.261 e. The molecule has 1 amide bonds. The summed E-state index contributed by atoms with van der Waals surface area (Å²) in [5, 5.41) is 11.5. The van der Waals surface area contributed by atoms with Crippen molar-refractivity contribution >= 4 is 28.7 Å². The van der Waals surface area contributed by atoms with Gasteiger partial charge in [-0.05, 0) is 56.1 Å². The number of ether oxygens (including phenoxy) is 1. The Balaban J connectivity index is 0.000000263. The molecule has 1 aliphatic rings. The second-order valence-corrected chi connectivity index (χ2v) is 8.59.